The number of benzene rings is 2. The van der Waals surface area contributed by atoms with Crippen molar-refractivity contribution in [3.63, 3.8) is 0 Å². The van der Waals surface area contributed by atoms with Crippen LogP contribution in [-0.4, -0.2) is 8.42 Å². The molecule has 0 aliphatic rings. The van der Waals surface area contributed by atoms with E-state index in [-0.39, 0.29) is 5.69 Å². The summed E-state index contributed by atoms with van der Waals surface area (Å²) in [4.78, 5) is -0.413. The first-order valence-corrected chi connectivity index (χ1v) is 8.19. The van der Waals surface area contributed by atoms with Crippen molar-refractivity contribution in [2.45, 2.75) is 11.8 Å². The average Bonchev–Trinajstić information content (AvgIpc) is 2.36. The molecule has 2 aromatic rings. The van der Waals surface area contributed by atoms with Gasteiger partial charge in [-0.1, -0.05) is 23.7 Å². The van der Waals surface area contributed by atoms with Crippen LogP contribution in [0.25, 0.3) is 0 Å². The van der Waals surface area contributed by atoms with E-state index in [1.165, 1.54) is 24.3 Å². The zero-order chi connectivity index (χ0) is 14.9. The number of hydrogen-bond donors (Lipinski definition) is 1. The van der Waals surface area contributed by atoms with E-state index >= 15 is 0 Å². The third kappa shape index (κ3) is 3.13. The molecule has 0 saturated carbocycles. The third-order valence-electron chi connectivity index (χ3n) is 2.62. The third-order valence-corrected chi connectivity index (χ3v) is 5.08. The van der Waals surface area contributed by atoms with Gasteiger partial charge in [-0.3, -0.25) is 4.72 Å². The van der Waals surface area contributed by atoms with Gasteiger partial charge in [-0.25, -0.2) is 12.8 Å². The predicted molar refractivity (Wildman–Crippen MR) is 81.1 cm³/mol. The van der Waals surface area contributed by atoms with E-state index in [0.717, 1.165) is 11.6 Å². The SMILES string of the molecule is Cc1cc(Br)c(NS(=O)(=O)c2ccccc2F)cc1Cl. The van der Waals surface area contributed by atoms with Crippen LogP contribution in [0.4, 0.5) is 10.1 Å². The van der Waals surface area contributed by atoms with Crippen molar-refractivity contribution in [2.24, 2.45) is 0 Å². The lowest BCUT2D eigenvalue weighted by atomic mass is 10.2. The molecule has 0 radical (unpaired) electrons. The summed E-state index contributed by atoms with van der Waals surface area (Å²) in [6.07, 6.45) is 0. The van der Waals surface area contributed by atoms with E-state index < -0.39 is 20.7 Å². The first-order chi connectivity index (χ1) is 9.31. The molecule has 1 N–H and O–H groups in total. The quantitative estimate of drug-likeness (QED) is 0.863. The second kappa shape index (κ2) is 5.71. The van der Waals surface area contributed by atoms with Crippen LogP contribution in [0.5, 0.6) is 0 Å². The van der Waals surface area contributed by atoms with Gasteiger partial charge < -0.3 is 0 Å². The Bertz CT molecular complexity index is 765. The van der Waals surface area contributed by atoms with Crippen LogP contribution in [0.1, 0.15) is 5.56 Å². The fraction of sp³-hybridized carbons (Fsp3) is 0.0769. The molecule has 0 unspecified atom stereocenters. The number of halogens is 3. The minimum atomic E-state index is -4.01. The highest BCUT2D eigenvalue weighted by Crippen LogP contribution is 2.31. The predicted octanol–water partition coefficient (Wildman–Crippen LogP) is 4.35. The maximum atomic E-state index is 13.6. The molecule has 0 aliphatic carbocycles. The summed E-state index contributed by atoms with van der Waals surface area (Å²) >= 11 is 9.21. The average molecular weight is 379 g/mol. The smallest absolute Gasteiger partial charge is 0.264 e. The normalized spacial score (nSPS) is 11.4. The Balaban J connectivity index is 2.44. The standard InChI is InChI=1S/C13H10BrClFNO2S/c1-8-6-9(14)12(7-10(8)15)17-20(18,19)13-5-3-2-4-11(13)16/h2-7,17H,1H3. The van der Waals surface area contributed by atoms with Crippen molar-refractivity contribution < 1.29 is 12.8 Å². The molecule has 0 bridgehead atoms. The number of rotatable bonds is 3. The molecule has 0 fully saturated rings. The Morgan fingerprint density at radius 1 is 1.25 bits per heavy atom. The monoisotopic (exact) mass is 377 g/mol. The Morgan fingerprint density at radius 3 is 2.55 bits per heavy atom. The van der Waals surface area contributed by atoms with Gasteiger partial charge in [-0.2, -0.15) is 0 Å². The lowest BCUT2D eigenvalue weighted by Gasteiger charge is -2.11. The lowest BCUT2D eigenvalue weighted by molar-refractivity contribution is 0.570. The summed E-state index contributed by atoms with van der Waals surface area (Å²) in [6, 6.07) is 8.32. The van der Waals surface area contributed by atoms with Gasteiger partial charge in [0.15, 0.2) is 0 Å². The zero-order valence-electron chi connectivity index (χ0n) is 10.3. The maximum Gasteiger partial charge on any atom is 0.264 e. The number of nitrogens with one attached hydrogen (secondary N) is 1. The highest BCUT2D eigenvalue weighted by Gasteiger charge is 2.20. The van der Waals surface area contributed by atoms with E-state index in [0.29, 0.717) is 9.50 Å². The van der Waals surface area contributed by atoms with E-state index in [1.807, 2.05) is 0 Å². The zero-order valence-corrected chi connectivity index (χ0v) is 13.5. The lowest BCUT2D eigenvalue weighted by Crippen LogP contribution is -2.15. The summed E-state index contributed by atoms with van der Waals surface area (Å²) in [6.45, 7) is 1.79. The van der Waals surface area contributed by atoms with Gasteiger partial charge in [0.25, 0.3) is 10.0 Å². The molecule has 0 aromatic heterocycles. The first kappa shape index (κ1) is 15.3. The molecule has 2 aromatic carbocycles. The summed E-state index contributed by atoms with van der Waals surface area (Å²) in [7, 11) is -4.01. The van der Waals surface area contributed by atoms with Crippen molar-refractivity contribution in [3.05, 3.63) is 57.3 Å². The van der Waals surface area contributed by atoms with E-state index in [4.69, 9.17) is 11.6 Å². The van der Waals surface area contributed by atoms with Gasteiger partial charge in [0.05, 0.1) is 5.69 Å². The molecule has 0 saturated heterocycles. The van der Waals surface area contributed by atoms with Gasteiger partial charge in [-0.05, 0) is 52.7 Å². The molecular weight excluding hydrogens is 369 g/mol. The van der Waals surface area contributed by atoms with Crippen molar-refractivity contribution in [3.8, 4) is 0 Å². The van der Waals surface area contributed by atoms with Gasteiger partial charge >= 0.3 is 0 Å². The van der Waals surface area contributed by atoms with Crippen LogP contribution in [0, 0.1) is 12.7 Å². The molecule has 0 spiro atoms. The summed E-state index contributed by atoms with van der Waals surface area (Å²) in [5.74, 6) is -0.811. The molecule has 0 aliphatic heterocycles. The Hall–Kier alpha value is -1.11. The van der Waals surface area contributed by atoms with Crippen molar-refractivity contribution in [1.82, 2.24) is 0 Å². The van der Waals surface area contributed by atoms with Crippen LogP contribution in [0.15, 0.2) is 45.8 Å². The van der Waals surface area contributed by atoms with Gasteiger partial charge in [-0.15, -0.1) is 0 Å². The van der Waals surface area contributed by atoms with E-state index in [1.54, 1.807) is 13.0 Å². The van der Waals surface area contributed by atoms with Crippen molar-refractivity contribution >= 4 is 43.2 Å². The molecule has 20 heavy (non-hydrogen) atoms. The second-order valence-corrected chi connectivity index (χ2v) is 7.03. The molecule has 106 valence electrons. The highest BCUT2D eigenvalue weighted by atomic mass is 79.9. The largest absolute Gasteiger partial charge is 0.278 e. The van der Waals surface area contributed by atoms with Gasteiger partial charge in [0.2, 0.25) is 0 Å². The summed E-state index contributed by atoms with van der Waals surface area (Å²) in [5, 5.41) is 0.416. The summed E-state index contributed by atoms with van der Waals surface area (Å²) < 4.78 is 40.7. The van der Waals surface area contributed by atoms with Crippen LogP contribution in [0.3, 0.4) is 0 Å². The number of sulfonamides is 1. The fourth-order valence-corrected chi connectivity index (χ4v) is 3.59. The minimum Gasteiger partial charge on any atom is -0.278 e. The molecule has 7 heteroatoms. The molecule has 3 nitrogen and oxygen atoms in total. The molecule has 0 amide bonds. The fourth-order valence-electron chi connectivity index (χ4n) is 1.59. The molecule has 0 atom stereocenters. The maximum absolute atomic E-state index is 13.6. The second-order valence-electron chi connectivity index (χ2n) is 4.12. The van der Waals surface area contributed by atoms with Crippen molar-refractivity contribution in [2.75, 3.05) is 4.72 Å². The van der Waals surface area contributed by atoms with Crippen LogP contribution < -0.4 is 4.72 Å². The number of hydrogen-bond acceptors (Lipinski definition) is 2. The molecular formula is C13H10BrClFNO2S. The molecule has 2 rings (SSSR count). The Labute approximate surface area is 130 Å². The highest BCUT2D eigenvalue weighted by molar-refractivity contribution is 9.10. The summed E-state index contributed by atoms with van der Waals surface area (Å²) in [5.41, 5.74) is 1.05. The first-order valence-electron chi connectivity index (χ1n) is 5.54. The van der Waals surface area contributed by atoms with E-state index in [9.17, 15) is 12.8 Å². The van der Waals surface area contributed by atoms with Crippen LogP contribution >= 0.6 is 27.5 Å². The Morgan fingerprint density at radius 2 is 1.90 bits per heavy atom. The number of anilines is 1. The van der Waals surface area contributed by atoms with Crippen LogP contribution in [-0.2, 0) is 10.0 Å². The van der Waals surface area contributed by atoms with Gasteiger partial charge in [0, 0.05) is 9.50 Å². The van der Waals surface area contributed by atoms with Crippen LogP contribution in [0.2, 0.25) is 5.02 Å². The Kier molecular flexibility index (Phi) is 4.36. The van der Waals surface area contributed by atoms with Gasteiger partial charge in [0.1, 0.15) is 10.7 Å². The topological polar surface area (TPSA) is 46.2 Å². The number of aryl methyl sites for hydroxylation is 1. The molecule has 0 heterocycles. The van der Waals surface area contributed by atoms with Crippen molar-refractivity contribution in [1.29, 1.82) is 0 Å². The minimum absolute atomic E-state index is 0.254. The van der Waals surface area contributed by atoms with E-state index in [2.05, 4.69) is 20.7 Å².